The van der Waals surface area contributed by atoms with Gasteiger partial charge in [0.05, 0.1) is 105 Å². The Kier molecular flexibility index (Phi) is 23.3. The van der Waals surface area contributed by atoms with E-state index in [1.54, 1.807) is 14.2 Å². The first kappa shape index (κ1) is 40.4. The molecule has 0 aliphatic carbocycles. The number of hydrogen-bond donors (Lipinski definition) is 0. The maximum atomic E-state index is 6.17. The van der Waals surface area contributed by atoms with Crippen LogP contribution < -0.4 is 0 Å². The van der Waals surface area contributed by atoms with Gasteiger partial charge in [0.25, 0.3) is 0 Å². The standard InChI is InChI=1S/C36H58N2O10/c1-39-17-19-45-31-47-29-35-27-43-23-21-42-16-14-38(26-34-11-7-4-8-12-34)36(30-48-32-46-20-18-40-2)28-44-24-22-41-15-13-37(35)25-33-9-5-3-6-10-33/h3-12,35-36H,13-32H2,1-2H3/t35-,36-/m1/s1. The lowest BCUT2D eigenvalue weighted by molar-refractivity contribution is -0.0974. The summed E-state index contributed by atoms with van der Waals surface area (Å²) in [6.45, 7) is 10.2. The lowest BCUT2D eigenvalue weighted by Crippen LogP contribution is -2.44. The van der Waals surface area contributed by atoms with Gasteiger partial charge in [0.1, 0.15) is 13.6 Å². The third-order valence-corrected chi connectivity index (χ3v) is 7.72. The number of methoxy groups -OCH3 is 2. The average Bonchev–Trinajstić information content (AvgIpc) is 3.11. The molecule has 1 heterocycles. The fourth-order valence-corrected chi connectivity index (χ4v) is 5.07. The van der Waals surface area contributed by atoms with Crippen molar-refractivity contribution < 1.29 is 47.4 Å². The van der Waals surface area contributed by atoms with Crippen molar-refractivity contribution in [3.63, 3.8) is 0 Å². The minimum Gasteiger partial charge on any atom is -0.382 e. The largest absolute Gasteiger partial charge is 0.382 e. The van der Waals surface area contributed by atoms with Gasteiger partial charge >= 0.3 is 0 Å². The third kappa shape index (κ3) is 18.6. The molecule has 0 bridgehead atoms. The first-order valence-corrected chi connectivity index (χ1v) is 17.0. The Morgan fingerprint density at radius 1 is 0.521 bits per heavy atom. The van der Waals surface area contributed by atoms with Gasteiger partial charge < -0.3 is 47.4 Å². The highest BCUT2D eigenvalue weighted by atomic mass is 16.7. The molecule has 0 unspecified atom stereocenters. The Hall–Kier alpha value is -2.04. The van der Waals surface area contributed by atoms with E-state index in [9.17, 15) is 0 Å². The van der Waals surface area contributed by atoms with Crippen LogP contribution in [0.15, 0.2) is 60.7 Å². The molecule has 0 aromatic heterocycles. The second-order valence-corrected chi connectivity index (χ2v) is 11.4. The van der Waals surface area contributed by atoms with Crippen LogP contribution in [-0.2, 0) is 60.5 Å². The van der Waals surface area contributed by atoms with E-state index in [2.05, 4.69) is 58.3 Å². The van der Waals surface area contributed by atoms with Crippen molar-refractivity contribution in [2.45, 2.75) is 25.2 Å². The van der Waals surface area contributed by atoms with Crippen LogP contribution in [0.3, 0.4) is 0 Å². The van der Waals surface area contributed by atoms with Gasteiger partial charge in [-0.15, -0.1) is 0 Å². The Labute approximate surface area is 287 Å². The Balaban J connectivity index is 1.61. The summed E-state index contributed by atoms with van der Waals surface area (Å²) >= 11 is 0. The van der Waals surface area contributed by atoms with Crippen molar-refractivity contribution >= 4 is 0 Å². The molecule has 2 atom stereocenters. The molecular weight excluding hydrogens is 620 g/mol. The zero-order valence-electron chi connectivity index (χ0n) is 29.0. The van der Waals surface area contributed by atoms with Crippen LogP contribution in [0.4, 0.5) is 0 Å². The minimum atomic E-state index is -0.00411. The Morgan fingerprint density at radius 3 is 1.35 bits per heavy atom. The predicted octanol–water partition coefficient (Wildman–Crippen LogP) is 3.08. The number of nitrogens with zero attached hydrogens (tertiary/aromatic N) is 2. The molecule has 1 aliphatic heterocycles. The van der Waals surface area contributed by atoms with Crippen LogP contribution in [0, 0.1) is 0 Å². The van der Waals surface area contributed by atoms with Crippen molar-refractivity contribution in [1.29, 1.82) is 0 Å². The van der Waals surface area contributed by atoms with Crippen LogP contribution >= 0.6 is 0 Å². The first-order valence-electron chi connectivity index (χ1n) is 17.0. The lowest BCUT2D eigenvalue weighted by Gasteiger charge is -2.32. The summed E-state index contributed by atoms with van der Waals surface area (Å²) < 4.78 is 57.5. The highest BCUT2D eigenvalue weighted by Crippen LogP contribution is 2.12. The smallest absolute Gasteiger partial charge is 0.146 e. The van der Waals surface area contributed by atoms with E-state index in [-0.39, 0.29) is 25.7 Å². The average molecular weight is 679 g/mol. The number of ether oxygens (including phenoxy) is 10. The third-order valence-electron chi connectivity index (χ3n) is 7.72. The number of rotatable bonds is 18. The molecule has 12 heteroatoms. The molecular formula is C36H58N2O10. The van der Waals surface area contributed by atoms with E-state index in [0.717, 1.165) is 13.1 Å². The zero-order valence-corrected chi connectivity index (χ0v) is 29.0. The van der Waals surface area contributed by atoms with Gasteiger partial charge in [-0.2, -0.15) is 0 Å². The van der Waals surface area contributed by atoms with Gasteiger partial charge in [0, 0.05) is 40.4 Å². The molecule has 1 fully saturated rings. The summed E-state index contributed by atoms with van der Waals surface area (Å²) in [4.78, 5) is 4.69. The highest BCUT2D eigenvalue weighted by Gasteiger charge is 2.22. The van der Waals surface area contributed by atoms with E-state index in [0.29, 0.717) is 106 Å². The minimum absolute atomic E-state index is 0.00411. The van der Waals surface area contributed by atoms with E-state index in [1.165, 1.54) is 11.1 Å². The molecule has 2 aromatic rings. The molecule has 48 heavy (non-hydrogen) atoms. The molecule has 3 rings (SSSR count). The molecule has 0 N–H and O–H groups in total. The lowest BCUT2D eigenvalue weighted by atomic mass is 10.1. The van der Waals surface area contributed by atoms with Crippen LogP contribution in [-0.4, -0.2) is 155 Å². The van der Waals surface area contributed by atoms with E-state index >= 15 is 0 Å². The van der Waals surface area contributed by atoms with Gasteiger partial charge in [-0.3, -0.25) is 9.80 Å². The van der Waals surface area contributed by atoms with E-state index < -0.39 is 0 Å². The quantitative estimate of drug-likeness (QED) is 0.171. The van der Waals surface area contributed by atoms with E-state index in [1.807, 2.05) is 12.1 Å². The Morgan fingerprint density at radius 2 is 0.938 bits per heavy atom. The van der Waals surface area contributed by atoms with Gasteiger partial charge in [-0.05, 0) is 11.1 Å². The topological polar surface area (TPSA) is 98.8 Å². The van der Waals surface area contributed by atoms with Gasteiger partial charge in [-0.1, -0.05) is 60.7 Å². The summed E-state index contributed by atoms with van der Waals surface area (Å²) in [7, 11) is 3.30. The van der Waals surface area contributed by atoms with Gasteiger partial charge in [0.2, 0.25) is 0 Å². The molecule has 0 radical (unpaired) electrons. The summed E-state index contributed by atoms with van der Waals surface area (Å²) in [6.07, 6.45) is 0. The van der Waals surface area contributed by atoms with Crippen molar-refractivity contribution in [2.24, 2.45) is 0 Å². The number of benzene rings is 2. The SMILES string of the molecule is COCCOCOC[C@H]1COCCOCCN(Cc2ccccc2)[C@@H](COCOCCOC)COCCOCCN1Cc1ccccc1. The monoisotopic (exact) mass is 678 g/mol. The molecule has 0 spiro atoms. The molecule has 0 amide bonds. The summed E-state index contributed by atoms with van der Waals surface area (Å²) in [5, 5.41) is 0. The van der Waals surface area contributed by atoms with Crippen LogP contribution in [0.2, 0.25) is 0 Å². The van der Waals surface area contributed by atoms with Gasteiger partial charge in [-0.25, -0.2) is 0 Å². The molecule has 2 aromatic carbocycles. The number of hydrogen-bond acceptors (Lipinski definition) is 12. The van der Waals surface area contributed by atoms with E-state index in [4.69, 9.17) is 47.4 Å². The maximum Gasteiger partial charge on any atom is 0.146 e. The van der Waals surface area contributed by atoms with Crippen molar-refractivity contribution in [3.05, 3.63) is 71.8 Å². The molecule has 272 valence electrons. The molecule has 1 aliphatic rings. The summed E-state index contributed by atoms with van der Waals surface area (Å²) in [5.74, 6) is 0. The molecule has 0 saturated carbocycles. The van der Waals surface area contributed by atoms with Crippen molar-refractivity contribution in [2.75, 3.05) is 133 Å². The first-order chi connectivity index (χ1) is 23.8. The second-order valence-electron chi connectivity index (χ2n) is 11.4. The van der Waals surface area contributed by atoms with Crippen molar-refractivity contribution in [3.8, 4) is 0 Å². The fourth-order valence-electron chi connectivity index (χ4n) is 5.07. The predicted molar refractivity (Wildman–Crippen MR) is 182 cm³/mol. The van der Waals surface area contributed by atoms with Crippen LogP contribution in [0.1, 0.15) is 11.1 Å². The maximum absolute atomic E-state index is 6.17. The molecule has 1 saturated heterocycles. The molecule has 12 nitrogen and oxygen atoms in total. The van der Waals surface area contributed by atoms with Crippen LogP contribution in [0.5, 0.6) is 0 Å². The fraction of sp³-hybridized carbons (Fsp3) is 0.667. The normalized spacial score (nSPS) is 20.3. The van der Waals surface area contributed by atoms with Crippen molar-refractivity contribution in [1.82, 2.24) is 9.80 Å². The highest BCUT2D eigenvalue weighted by molar-refractivity contribution is 5.15. The van der Waals surface area contributed by atoms with Gasteiger partial charge in [0.15, 0.2) is 0 Å². The summed E-state index contributed by atoms with van der Waals surface area (Å²) in [5.41, 5.74) is 2.43. The summed E-state index contributed by atoms with van der Waals surface area (Å²) in [6, 6.07) is 20.8. The van der Waals surface area contributed by atoms with Crippen LogP contribution in [0.25, 0.3) is 0 Å². The second kappa shape index (κ2) is 27.7. The zero-order chi connectivity index (χ0) is 33.7. The Bertz CT molecular complexity index is 914.